The van der Waals surface area contributed by atoms with E-state index < -0.39 is 21.1 Å². The van der Waals surface area contributed by atoms with E-state index in [1.807, 2.05) is 78.9 Å². The molecule has 8 heteroatoms. The van der Waals surface area contributed by atoms with Gasteiger partial charge >= 0.3 is 5.97 Å². The van der Waals surface area contributed by atoms with Crippen LogP contribution in [0.25, 0.3) is 22.6 Å². The molecule has 7 nitrogen and oxygen atoms in total. The molecule has 2 atom stereocenters. The summed E-state index contributed by atoms with van der Waals surface area (Å²) in [5, 5.41) is -0.855. The molecule has 0 N–H and O–H groups in total. The molecule has 196 valence electrons. The minimum absolute atomic E-state index is 0.0745. The molecule has 0 radical (unpaired) electrons. The van der Waals surface area contributed by atoms with Crippen molar-refractivity contribution < 1.29 is 27.1 Å². The second-order valence-corrected chi connectivity index (χ2v) is 11.5. The minimum atomic E-state index is -3.46. The van der Waals surface area contributed by atoms with Gasteiger partial charge in [-0.1, -0.05) is 72.8 Å². The summed E-state index contributed by atoms with van der Waals surface area (Å²) in [6.45, 7) is 1.85. The second-order valence-electron chi connectivity index (χ2n) is 9.24. The third kappa shape index (κ3) is 5.65. The van der Waals surface area contributed by atoms with Gasteiger partial charge in [0.05, 0.1) is 12.4 Å². The molecule has 1 fully saturated rings. The molecule has 0 aliphatic carbocycles. The van der Waals surface area contributed by atoms with Gasteiger partial charge in [0.25, 0.3) is 0 Å². The number of aromatic nitrogens is 1. The Morgan fingerprint density at radius 1 is 0.974 bits per heavy atom. The van der Waals surface area contributed by atoms with Crippen LogP contribution in [0.3, 0.4) is 0 Å². The SMILES string of the molecule is CCOC(=O)COc1cccc(CC2CCS(=O)(=O)C2c2nc(-c3ccccc3)c(-c3ccccc3)o2)c1. The highest BCUT2D eigenvalue weighted by atomic mass is 32.2. The largest absolute Gasteiger partial charge is 0.482 e. The number of esters is 1. The average Bonchev–Trinajstić information content (AvgIpc) is 3.49. The van der Waals surface area contributed by atoms with Crippen LogP contribution in [0.15, 0.2) is 89.3 Å². The van der Waals surface area contributed by atoms with Gasteiger partial charge in [-0.2, -0.15) is 0 Å². The first-order chi connectivity index (χ1) is 18.4. The average molecular weight is 532 g/mol. The summed E-state index contributed by atoms with van der Waals surface area (Å²) >= 11 is 0. The quantitative estimate of drug-likeness (QED) is 0.257. The van der Waals surface area contributed by atoms with Crippen molar-refractivity contribution in [2.45, 2.75) is 25.0 Å². The first-order valence-electron chi connectivity index (χ1n) is 12.6. The van der Waals surface area contributed by atoms with Crippen LogP contribution in [-0.2, 0) is 25.8 Å². The van der Waals surface area contributed by atoms with Crippen LogP contribution in [0.1, 0.15) is 30.0 Å². The van der Waals surface area contributed by atoms with Gasteiger partial charge in [-0.05, 0) is 43.4 Å². The van der Waals surface area contributed by atoms with Crippen molar-refractivity contribution >= 4 is 15.8 Å². The number of sulfone groups is 1. The number of rotatable bonds is 9. The molecule has 1 aliphatic heterocycles. The third-order valence-electron chi connectivity index (χ3n) is 6.62. The summed E-state index contributed by atoms with van der Waals surface area (Å²) in [4.78, 5) is 16.4. The van der Waals surface area contributed by atoms with Crippen LogP contribution in [-0.4, -0.2) is 38.3 Å². The Morgan fingerprint density at radius 2 is 1.68 bits per heavy atom. The van der Waals surface area contributed by atoms with Gasteiger partial charge in [-0.3, -0.25) is 0 Å². The standard InChI is InChI=1S/C30H29NO6S/c1-2-35-26(32)20-36-25-15-9-10-21(19-25)18-24-16-17-38(33,34)29(24)30-31-27(22-11-5-3-6-12-22)28(37-30)23-13-7-4-8-14-23/h3-15,19,24,29H,2,16-18,20H2,1H3. The molecule has 0 amide bonds. The minimum Gasteiger partial charge on any atom is -0.482 e. The summed E-state index contributed by atoms with van der Waals surface area (Å²) in [5.74, 6) is 0.729. The van der Waals surface area contributed by atoms with E-state index in [0.717, 1.165) is 16.7 Å². The second kappa shape index (κ2) is 11.2. The molecular formula is C30H29NO6S. The van der Waals surface area contributed by atoms with Gasteiger partial charge in [0.15, 0.2) is 22.2 Å². The van der Waals surface area contributed by atoms with Gasteiger partial charge in [-0.25, -0.2) is 18.2 Å². The van der Waals surface area contributed by atoms with Gasteiger partial charge in [0.1, 0.15) is 16.7 Å². The lowest BCUT2D eigenvalue weighted by Gasteiger charge is -2.16. The van der Waals surface area contributed by atoms with E-state index in [2.05, 4.69) is 0 Å². The first-order valence-corrected chi connectivity index (χ1v) is 14.4. The predicted molar refractivity (Wildman–Crippen MR) is 144 cm³/mol. The molecule has 38 heavy (non-hydrogen) atoms. The van der Waals surface area contributed by atoms with Crippen molar-refractivity contribution in [3.05, 3.63) is 96.4 Å². The Bertz CT molecular complexity index is 1440. The highest BCUT2D eigenvalue weighted by Crippen LogP contribution is 2.44. The Kier molecular flexibility index (Phi) is 7.60. The van der Waals surface area contributed by atoms with Crippen LogP contribution in [0.4, 0.5) is 0 Å². The smallest absolute Gasteiger partial charge is 0.344 e. The van der Waals surface area contributed by atoms with E-state index in [1.165, 1.54) is 0 Å². The van der Waals surface area contributed by atoms with E-state index >= 15 is 0 Å². The zero-order chi connectivity index (χ0) is 26.5. The van der Waals surface area contributed by atoms with E-state index in [9.17, 15) is 13.2 Å². The van der Waals surface area contributed by atoms with Crippen molar-refractivity contribution in [2.75, 3.05) is 19.0 Å². The molecule has 1 aliphatic rings. The molecule has 5 rings (SSSR count). The van der Waals surface area contributed by atoms with Gasteiger partial charge < -0.3 is 13.9 Å². The van der Waals surface area contributed by atoms with Crippen molar-refractivity contribution in [2.24, 2.45) is 5.92 Å². The Hall–Kier alpha value is -3.91. The number of hydrogen-bond donors (Lipinski definition) is 0. The van der Waals surface area contributed by atoms with Crippen molar-refractivity contribution in [3.63, 3.8) is 0 Å². The topological polar surface area (TPSA) is 95.7 Å². The first kappa shape index (κ1) is 25.7. The molecule has 0 bridgehead atoms. The van der Waals surface area contributed by atoms with Crippen LogP contribution in [0, 0.1) is 5.92 Å². The van der Waals surface area contributed by atoms with Gasteiger partial charge in [0.2, 0.25) is 5.89 Å². The van der Waals surface area contributed by atoms with Crippen LogP contribution < -0.4 is 4.74 Å². The highest BCUT2D eigenvalue weighted by molar-refractivity contribution is 7.91. The summed E-state index contributed by atoms with van der Waals surface area (Å²) in [6, 6.07) is 26.6. The number of oxazole rings is 1. The molecular weight excluding hydrogens is 502 g/mol. The van der Waals surface area contributed by atoms with Crippen LogP contribution >= 0.6 is 0 Å². The maximum absolute atomic E-state index is 13.3. The number of hydrogen-bond acceptors (Lipinski definition) is 7. The summed E-state index contributed by atoms with van der Waals surface area (Å²) in [7, 11) is -3.46. The highest BCUT2D eigenvalue weighted by Gasteiger charge is 2.45. The van der Waals surface area contributed by atoms with Crippen molar-refractivity contribution in [1.29, 1.82) is 0 Å². The fourth-order valence-electron chi connectivity index (χ4n) is 4.90. The number of benzene rings is 3. The van der Waals surface area contributed by atoms with Crippen LogP contribution in [0.5, 0.6) is 5.75 Å². The monoisotopic (exact) mass is 531 g/mol. The van der Waals surface area contributed by atoms with Gasteiger partial charge in [0, 0.05) is 11.1 Å². The lowest BCUT2D eigenvalue weighted by atomic mass is 9.93. The maximum Gasteiger partial charge on any atom is 0.344 e. The molecule has 0 saturated carbocycles. The maximum atomic E-state index is 13.3. The van der Waals surface area contributed by atoms with E-state index in [4.69, 9.17) is 18.9 Å². The normalized spacial score (nSPS) is 18.2. The molecule has 4 aromatic rings. The number of nitrogens with zero attached hydrogens (tertiary/aromatic N) is 1. The van der Waals surface area contributed by atoms with Crippen LogP contribution in [0.2, 0.25) is 0 Å². The third-order valence-corrected chi connectivity index (χ3v) is 8.78. The zero-order valence-electron chi connectivity index (χ0n) is 21.1. The number of ether oxygens (including phenoxy) is 2. The zero-order valence-corrected chi connectivity index (χ0v) is 21.9. The molecule has 0 spiro atoms. The summed E-state index contributed by atoms with van der Waals surface area (Å²) < 4.78 is 43.3. The predicted octanol–water partition coefficient (Wildman–Crippen LogP) is 5.67. The molecule has 1 saturated heterocycles. The summed E-state index contributed by atoms with van der Waals surface area (Å²) in [5.41, 5.74) is 3.24. The van der Waals surface area contributed by atoms with Gasteiger partial charge in [-0.15, -0.1) is 0 Å². The van der Waals surface area contributed by atoms with Crippen molar-refractivity contribution in [3.8, 4) is 28.3 Å². The molecule has 2 heterocycles. The Labute approximate surface area is 222 Å². The molecule has 2 unspecified atom stereocenters. The fourth-order valence-corrected chi connectivity index (χ4v) is 7.01. The van der Waals surface area contributed by atoms with Crippen molar-refractivity contribution in [1.82, 2.24) is 4.98 Å². The Morgan fingerprint density at radius 3 is 2.39 bits per heavy atom. The summed E-state index contributed by atoms with van der Waals surface area (Å²) in [6.07, 6.45) is 1.01. The van der Waals surface area contributed by atoms with E-state index in [0.29, 0.717) is 36.7 Å². The fraction of sp³-hybridized carbons (Fsp3) is 0.267. The lowest BCUT2D eigenvalue weighted by Crippen LogP contribution is -2.16. The number of carbonyl (C=O) groups is 1. The Balaban J connectivity index is 1.45. The van der Waals surface area contributed by atoms with E-state index in [1.54, 1.807) is 13.0 Å². The molecule has 1 aromatic heterocycles. The number of carbonyl (C=O) groups excluding carboxylic acids is 1. The lowest BCUT2D eigenvalue weighted by molar-refractivity contribution is -0.145. The molecule has 3 aromatic carbocycles. The van der Waals surface area contributed by atoms with E-state index in [-0.39, 0.29) is 24.2 Å².